The lowest BCUT2D eigenvalue weighted by Gasteiger charge is -2.14. The van der Waals surface area contributed by atoms with Gasteiger partial charge in [0.1, 0.15) is 5.82 Å². The summed E-state index contributed by atoms with van der Waals surface area (Å²) in [5.41, 5.74) is 2.00. The third-order valence-electron chi connectivity index (χ3n) is 3.08. The average molecular weight is 252 g/mol. The van der Waals surface area contributed by atoms with Crippen LogP contribution in [0.1, 0.15) is 23.6 Å². The molecule has 4 nitrogen and oxygen atoms in total. The van der Waals surface area contributed by atoms with E-state index >= 15 is 0 Å². The second kappa shape index (κ2) is 5.82. The molecular formula is C13H17FN2O2. The zero-order valence-electron chi connectivity index (χ0n) is 10.3. The number of benzene rings is 1. The number of urea groups is 1. The van der Waals surface area contributed by atoms with Gasteiger partial charge in [0, 0.05) is 13.7 Å². The Morgan fingerprint density at radius 2 is 2.39 bits per heavy atom. The summed E-state index contributed by atoms with van der Waals surface area (Å²) in [5, 5.41) is 5.59. The van der Waals surface area contributed by atoms with Crippen molar-refractivity contribution in [1.82, 2.24) is 10.6 Å². The number of fused-ring (bicyclic) bond motifs is 1. The number of aryl methyl sites for hydroxylation is 1. The summed E-state index contributed by atoms with van der Waals surface area (Å²) in [6, 6.07) is 4.48. The third-order valence-corrected chi connectivity index (χ3v) is 3.08. The molecule has 1 unspecified atom stereocenters. The Bertz CT molecular complexity index is 437. The van der Waals surface area contributed by atoms with Crippen LogP contribution in [0.5, 0.6) is 0 Å². The molecule has 0 bridgehead atoms. The van der Waals surface area contributed by atoms with Crippen LogP contribution in [0.4, 0.5) is 9.18 Å². The number of halogens is 1. The number of ether oxygens (including phenoxy) is 1. The zero-order valence-corrected chi connectivity index (χ0v) is 10.3. The molecule has 2 amide bonds. The number of hydrogen-bond donors (Lipinski definition) is 2. The number of methoxy groups -OCH3 is 1. The first-order chi connectivity index (χ1) is 8.70. The van der Waals surface area contributed by atoms with Crippen molar-refractivity contribution in [2.24, 2.45) is 0 Å². The lowest BCUT2D eigenvalue weighted by Crippen LogP contribution is -2.38. The summed E-state index contributed by atoms with van der Waals surface area (Å²) in [6.45, 7) is 0.964. The van der Waals surface area contributed by atoms with Crippen molar-refractivity contribution in [3.63, 3.8) is 0 Å². The van der Waals surface area contributed by atoms with Crippen LogP contribution < -0.4 is 10.6 Å². The first-order valence-corrected chi connectivity index (χ1v) is 6.02. The Morgan fingerprint density at radius 3 is 3.17 bits per heavy atom. The van der Waals surface area contributed by atoms with Crippen LogP contribution in [0.15, 0.2) is 18.2 Å². The highest BCUT2D eigenvalue weighted by molar-refractivity contribution is 5.74. The van der Waals surface area contributed by atoms with Gasteiger partial charge in [0.2, 0.25) is 0 Å². The summed E-state index contributed by atoms with van der Waals surface area (Å²) in [7, 11) is 1.58. The maximum absolute atomic E-state index is 13.0. The van der Waals surface area contributed by atoms with E-state index in [0.717, 1.165) is 24.0 Å². The number of amides is 2. The predicted octanol–water partition coefficient (Wildman–Crippen LogP) is 1.76. The molecule has 2 N–H and O–H groups in total. The van der Waals surface area contributed by atoms with Crippen molar-refractivity contribution in [3.05, 3.63) is 35.1 Å². The molecule has 0 radical (unpaired) electrons. The average Bonchev–Trinajstić information content (AvgIpc) is 2.72. The molecule has 0 saturated heterocycles. The smallest absolute Gasteiger partial charge is 0.315 e. The molecule has 1 atom stereocenters. The fourth-order valence-corrected chi connectivity index (χ4v) is 2.21. The van der Waals surface area contributed by atoms with Gasteiger partial charge in [0.15, 0.2) is 0 Å². The minimum Gasteiger partial charge on any atom is -0.383 e. The molecule has 0 aromatic heterocycles. The summed E-state index contributed by atoms with van der Waals surface area (Å²) >= 11 is 0. The quantitative estimate of drug-likeness (QED) is 0.802. The van der Waals surface area contributed by atoms with Gasteiger partial charge >= 0.3 is 6.03 Å². The van der Waals surface area contributed by atoms with Gasteiger partial charge in [0.25, 0.3) is 0 Å². The largest absolute Gasteiger partial charge is 0.383 e. The lowest BCUT2D eigenvalue weighted by atomic mass is 10.1. The maximum Gasteiger partial charge on any atom is 0.315 e. The fraction of sp³-hybridized carbons (Fsp3) is 0.462. The summed E-state index contributed by atoms with van der Waals surface area (Å²) in [5.74, 6) is -0.223. The molecule has 2 rings (SSSR count). The fourth-order valence-electron chi connectivity index (χ4n) is 2.21. The number of carbonyl (C=O) groups excluding carboxylic acids is 1. The second-order valence-corrected chi connectivity index (χ2v) is 4.33. The maximum atomic E-state index is 13.0. The van der Waals surface area contributed by atoms with Gasteiger partial charge in [0.05, 0.1) is 12.6 Å². The minimum atomic E-state index is -0.223. The van der Waals surface area contributed by atoms with Crippen molar-refractivity contribution < 1.29 is 13.9 Å². The van der Waals surface area contributed by atoms with Crippen LogP contribution in [0, 0.1) is 5.82 Å². The Labute approximate surface area is 106 Å². The molecule has 1 aliphatic rings. The minimum absolute atomic E-state index is 0.0249. The monoisotopic (exact) mass is 252 g/mol. The third kappa shape index (κ3) is 2.98. The Kier molecular flexibility index (Phi) is 4.15. The van der Waals surface area contributed by atoms with Gasteiger partial charge in [-0.2, -0.15) is 0 Å². The van der Waals surface area contributed by atoms with E-state index in [1.807, 2.05) is 0 Å². The Morgan fingerprint density at radius 1 is 1.56 bits per heavy atom. The van der Waals surface area contributed by atoms with Gasteiger partial charge < -0.3 is 15.4 Å². The van der Waals surface area contributed by atoms with Crippen molar-refractivity contribution in [1.29, 1.82) is 0 Å². The summed E-state index contributed by atoms with van der Waals surface area (Å²) in [4.78, 5) is 11.6. The van der Waals surface area contributed by atoms with Gasteiger partial charge in [-0.15, -0.1) is 0 Å². The van der Waals surface area contributed by atoms with Crippen LogP contribution in [-0.2, 0) is 11.2 Å². The van der Waals surface area contributed by atoms with E-state index in [1.165, 1.54) is 6.07 Å². The van der Waals surface area contributed by atoms with E-state index < -0.39 is 0 Å². The standard InChI is InChI=1S/C13H17FN2O2/c1-18-7-6-15-13(17)16-12-5-2-9-8-10(14)3-4-11(9)12/h3-4,8,12H,2,5-7H2,1H3,(H2,15,16,17). The molecule has 0 spiro atoms. The van der Waals surface area contributed by atoms with Crippen LogP contribution in [0.3, 0.4) is 0 Å². The van der Waals surface area contributed by atoms with Crippen molar-refractivity contribution in [2.45, 2.75) is 18.9 Å². The highest BCUT2D eigenvalue weighted by atomic mass is 19.1. The number of rotatable bonds is 4. The molecule has 98 valence electrons. The van der Waals surface area contributed by atoms with Crippen LogP contribution in [-0.4, -0.2) is 26.3 Å². The molecular weight excluding hydrogens is 235 g/mol. The van der Waals surface area contributed by atoms with Gasteiger partial charge in [-0.25, -0.2) is 9.18 Å². The Hall–Kier alpha value is -1.62. The van der Waals surface area contributed by atoms with Crippen LogP contribution in [0.25, 0.3) is 0 Å². The molecule has 5 heteroatoms. The molecule has 1 aliphatic carbocycles. The molecule has 0 aliphatic heterocycles. The lowest BCUT2D eigenvalue weighted by molar-refractivity contribution is 0.195. The summed E-state index contributed by atoms with van der Waals surface area (Å²) < 4.78 is 17.9. The van der Waals surface area contributed by atoms with Crippen LogP contribution >= 0.6 is 0 Å². The highest BCUT2D eigenvalue weighted by Crippen LogP contribution is 2.31. The van der Waals surface area contributed by atoms with Crippen molar-refractivity contribution in [3.8, 4) is 0 Å². The molecule has 0 fully saturated rings. The molecule has 0 heterocycles. The van der Waals surface area contributed by atoms with E-state index in [4.69, 9.17) is 4.74 Å². The van der Waals surface area contributed by atoms with E-state index in [2.05, 4.69) is 10.6 Å². The molecule has 18 heavy (non-hydrogen) atoms. The number of hydrogen-bond acceptors (Lipinski definition) is 2. The molecule has 1 aromatic carbocycles. The van der Waals surface area contributed by atoms with E-state index in [-0.39, 0.29) is 17.9 Å². The van der Waals surface area contributed by atoms with Gasteiger partial charge in [-0.05, 0) is 36.1 Å². The zero-order chi connectivity index (χ0) is 13.0. The van der Waals surface area contributed by atoms with E-state index in [9.17, 15) is 9.18 Å². The number of carbonyl (C=O) groups is 1. The van der Waals surface area contributed by atoms with Gasteiger partial charge in [-0.1, -0.05) is 6.07 Å². The normalized spacial score (nSPS) is 17.3. The van der Waals surface area contributed by atoms with Crippen molar-refractivity contribution in [2.75, 3.05) is 20.3 Å². The van der Waals surface area contributed by atoms with E-state index in [0.29, 0.717) is 13.2 Å². The highest BCUT2D eigenvalue weighted by Gasteiger charge is 2.23. The van der Waals surface area contributed by atoms with E-state index in [1.54, 1.807) is 19.2 Å². The first-order valence-electron chi connectivity index (χ1n) is 6.02. The second-order valence-electron chi connectivity index (χ2n) is 4.33. The number of nitrogens with one attached hydrogen (secondary N) is 2. The Balaban J connectivity index is 1.91. The topological polar surface area (TPSA) is 50.4 Å². The predicted molar refractivity (Wildman–Crippen MR) is 65.9 cm³/mol. The van der Waals surface area contributed by atoms with Crippen molar-refractivity contribution >= 4 is 6.03 Å². The summed E-state index contributed by atoms with van der Waals surface area (Å²) in [6.07, 6.45) is 1.62. The molecule has 0 saturated carbocycles. The first kappa shape index (κ1) is 12.8. The molecule has 1 aromatic rings. The van der Waals surface area contributed by atoms with Gasteiger partial charge in [-0.3, -0.25) is 0 Å². The SMILES string of the molecule is COCCNC(=O)NC1CCc2cc(F)ccc21. The van der Waals surface area contributed by atoms with Crippen LogP contribution in [0.2, 0.25) is 0 Å².